The van der Waals surface area contributed by atoms with E-state index in [4.69, 9.17) is 0 Å². The average molecular weight is 316 g/mol. The second-order valence-electron chi connectivity index (χ2n) is 6.13. The van der Waals surface area contributed by atoms with E-state index < -0.39 is 15.9 Å². The summed E-state index contributed by atoms with van der Waals surface area (Å²) in [5.74, 6) is 0.0799. The van der Waals surface area contributed by atoms with E-state index in [9.17, 15) is 18.0 Å². The molecule has 1 heterocycles. The Morgan fingerprint density at radius 1 is 1.19 bits per heavy atom. The Bertz CT molecular complexity index is 497. The third-order valence-corrected chi connectivity index (χ3v) is 5.38. The summed E-state index contributed by atoms with van der Waals surface area (Å²) >= 11 is 0. The quantitative estimate of drug-likeness (QED) is 0.792. The highest BCUT2D eigenvalue weighted by atomic mass is 32.2. The molecule has 0 bridgehead atoms. The van der Waals surface area contributed by atoms with Gasteiger partial charge in [-0.05, 0) is 25.2 Å². The number of nitrogens with one attached hydrogen (secondary N) is 1. The molecule has 2 rings (SSSR count). The molecule has 0 aromatic heterocycles. The van der Waals surface area contributed by atoms with Crippen LogP contribution in [-0.2, 0) is 19.4 Å². The topological polar surface area (TPSA) is 83.6 Å². The van der Waals surface area contributed by atoms with Gasteiger partial charge in [0.15, 0.2) is 0 Å². The third-order valence-electron chi connectivity index (χ3n) is 4.35. The summed E-state index contributed by atoms with van der Waals surface area (Å²) in [6, 6.07) is -0.411. The smallest absolute Gasteiger partial charge is 0.243 e. The first-order valence-electron chi connectivity index (χ1n) is 7.63. The van der Waals surface area contributed by atoms with E-state index in [2.05, 4.69) is 5.32 Å². The number of carbonyl (C=O) groups is 2. The lowest BCUT2D eigenvalue weighted by atomic mass is 9.82. The highest BCUT2D eigenvalue weighted by Gasteiger charge is 2.39. The predicted octanol–water partition coefficient (Wildman–Crippen LogP) is 0.328. The fraction of sp³-hybridized carbons (Fsp3) is 0.857. The molecule has 0 aromatic carbocycles. The van der Waals surface area contributed by atoms with Gasteiger partial charge in [0.25, 0.3) is 0 Å². The number of amides is 2. The van der Waals surface area contributed by atoms with Crippen LogP contribution in [-0.4, -0.2) is 56.3 Å². The van der Waals surface area contributed by atoms with Crippen LogP contribution in [0.5, 0.6) is 0 Å². The van der Waals surface area contributed by atoms with Gasteiger partial charge in [-0.2, -0.15) is 0 Å². The molecule has 21 heavy (non-hydrogen) atoms. The first kappa shape index (κ1) is 16.3. The van der Waals surface area contributed by atoms with Crippen molar-refractivity contribution < 1.29 is 18.0 Å². The van der Waals surface area contributed by atoms with Crippen molar-refractivity contribution in [3.05, 3.63) is 0 Å². The van der Waals surface area contributed by atoms with E-state index in [1.807, 2.05) is 0 Å². The van der Waals surface area contributed by atoms with Gasteiger partial charge in [0, 0.05) is 12.8 Å². The van der Waals surface area contributed by atoms with Crippen LogP contribution in [0.15, 0.2) is 0 Å². The van der Waals surface area contributed by atoms with E-state index >= 15 is 0 Å². The highest BCUT2D eigenvalue weighted by molar-refractivity contribution is 7.90. The van der Waals surface area contributed by atoms with Crippen LogP contribution in [0.2, 0.25) is 0 Å². The van der Waals surface area contributed by atoms with Crippen molar-refractivity contribution in [2.24, 2.45) is 5.92 Å². The molecule has 0 radical (unpaired) electrons. The van der Waals surface area contributed by atoms with Crippen LogP contribution in [0.1, 0.15) is 38.5 Å². The SMILES string of the molecule is CS(=O)(=O)CCCN1C(=O)CNC(=O)C1C1CCCCC1. The molecule has 6 nitrogen and oxygen atoms in total. The Morgan fingerprint density at radius 3 is 2.48 bits per heavy atom. The lowest BCUT2D eigenvalue weighted by Gasteiger charge is -2.40. The molecule has 2 aliphatic rings. The number of nitrogens with zero attached hydrogens (tertiary/aromatic N) is 1. The number of hydrogen-bond donors (Lipinski definition) is 1. The van der Waals surface area contributed by atoms with E-state index in [1.54, 1.807) is 4.90 Å². The standard InChI is InChI=1S/C14H24N2O4S/c1-21(19,20)9-5-8-16-12(17)10-15-14(18)13(16)11-6-3-2-4-7-11/h11,13H,2-10H2,1H3,(H,15,18). The highest BCUT2D eigenvalue weighted by Crippen LogP contribution is 2.30. The third kappa shape index (κ3) is 4.43. The van der Waals surface area contributed by atoms with Gasteiger partial charge in [0.1, 0.15) is 15.9 Å². The molecule has 7 heteroatoms. The van der Waals surface area contributed by atoms with Crippen LogP contribution in [0, 0.1) is 5.92 Å². The first-order chi connectivity index (χ1) is 9.88. The monoisotopic (exact) mass is 316 g/mol. The van der Waals surface area contributed by atoms with Crippen molar-refractivity contribution in [3.63, 3.8) is 0 Å². The number of piperazine rings is 1. The van der Waals surface area contributed by atoms with Crippen LogP contribution in [0.4, 0.5) is 0 Å². The summed E-state index contributed by atoms with van der Waals surface area (Å²) in [7, 11) is -3.04. The molecule has 1 aliphatic carbocycles. The summed E-state index contributed by atoms with van der Waals surface area (Å²) in [5, 5.41) is 2.67. The number of hydrogen-bond acceptors (Lipinski definition) is 4. The molecule has 0 aromatic rings. The average Bonchev–Trinajstić information content (AvgIpc) is 2.42. The normalized spacial score (nSPS) is 25.0. The van der Waals surface area contributed by atoms with Gasteiger partial charge in [0.2, 0.25) is 11.8 Å². The minimum Gasteiger partial charge on any atom is -0.345 e. The molecule has 1 atom stereocenters. The van der Waals surface area contributed by atoms with Gasteiger partial charge in [-0.1, -0.05) is 19.3 Å². The molecule has 120 valence electrons. The fourth-order valence-electron chi connectivity index (χ4n) is 3.34. The first-order valence-corrected chi connectivity index (χ1v) is 9.69. The van der Waals surface area contributed by atoms with Crippen molar-refractivity contribution in [2.75, 3.05) is 25.1 Å². The zero-order valence-corrected chi connectivity index (χ0v) is 13.3. The van der Waals surface area contributed by atoms with Gasteiger partial charge in [-0.25, -0.2) is 8.42 Å². The van der Waals surface area contributed by atoms with Gasteiger partial charge >= 0.3 is 0 Å². The van der Waals surface area contributed by atoms with Crippen molar-refractivity contribution in [1.29, 1.82) is 0 Å². The fourth-order valence-corrected chi connectivity index (χ4v) is 4.00. The number of carbonyl (C=O) groups excluding carboxylic acids is 2. The van der Waals surface area contributed by atoms with Crippen LogP contribution < -0.4 is 5.32 Å². The largest absolute Gasteiger partial charge is 0.345 e. The van der Waals surface area contributed by atoms with Gasteiger partial charge < -0.3 is 10.2 Å². The number of rotatable bonds is 5. The van der Waals surface area contributed by atoms with E-state index in [0.29, 0.717) is 13.0 Å². The van der Waals surface area contributed by atoms with Gasteiger partial charge in [-0.15, -0.1) is 0 Å². The summed E-state index contributed by atoms with van der Waals surface area (Å²) < 4.78 is 22.4. The molecule has 1 aliphatic heterocycles. The zero-order valence-electron chi connectivity index (χ0n) is 12.5. The number of sulfone groups is 1. The zero-order chi connectivity index (χ0) is 15.5. The maximum absolute atomic E-state index is 12.2. The molecule has 1 N–H and O–H groups in total. The molecule has 1 saturated heterocycles. The lowest BCUT2D eigenvalue weighted by molar-refractivity contribution is -0.148. The maximum Gasteiger partial charge on any atom is 0.243 e. The molecular weight excluding hydrogens is 292 g/mol. The summed E-state index contributed by atoms with van der Waals surface area (Å²) in [5.41, 5.74) is 0. The molecule has 1 unspecified atom stereocenters. The van der Waals surface area contributed by atoms with E-state index in [-0.39, 0.29) is 30.0 Å². The van der Waals surface area contributed by atoms with Crippen molar-refractivity contribution >= 4 is 21.7 Å². The summed E-state index contributed by atoms with van der Waals surface area (Å²) in [6.45, 7) is 0.376. The second-order valence-corrected chi connectivity index (χ2v) is 8.39. The van der Waals surface area contributed by atoms with Crippen molar-refractivity contribution in [1.82, 2.24) is 10.2 Å². The van der Waals surface area contributed by atoms with Crippen LogP contribution in [0.3, 0.4) is 0 Å². The summed E-state index contributed by atoms with van der Waals surface area (Å²) in [6.07, 6.45) is 6.89. The second kappa shape index (κ2) is 6.77. The summed E-state index contributed by atoms with van der Waals surface area (Å²) in [4.78, 5) is 25.9. The van der Waals surface area contributed by atoms with E-state index in [0.717, 1.165) is 25.7 Å². The minimum atomic E-state index is -3.04. The Kier molecular flexibility index (Phi) is 5.24. The Hall–Kier alpha value is -1.11. The molecule has 2 amide bonds. The predicted molar refractivity (Wildman–Crippen MR) is 79.4 cm³/mol. The Balaban J connectivity index is 2.04. The maximum atomic E-state index is 12.2. The van der Waals surface area contributed by atoms with Crippen LogP contribution in [0.25, 0.3) is 0 Å². The van der Waals surface area contributed by atoms with E-state index in [1.165, 1.54) is 12.7 Å². The van der Waals surface area contributed by atoms with Crippen molar-refractivity contribution in [2.45, 2.75) is 44.6 Å². The van der Waals surface area contributed by atoms with Crippen LogP contribution >= 0.6 is 0 Å². The molecular formula is C14H24N2O4S. The Labute approximate surface area is 126 Å². The molecule has 0 spiro atoms. The van der Waals surface area contributed by atoms with Crippen molar-refractivity contribution in [3.8, 4) is 0 Å². The molecule has 2 fully saturated rings. The van der Waals surface area contributed by atoms with Gasteiger partial charge in [-0.3, -0.25) is 9.59 Å². The molecule has 1 saturated carbocycles. The lowest BCUT2D eigenvalue weighted by Crippen LogP contribution is -2.61. The van der Waals surface area contributed by atoms with Gasteiger partial charge in [0.05, 0.1) is 12.3 Å². The minimum absolute atomic E-state index is 0.0287. The Morgan fingerprint density at radius 2 is 1.86 bits per heavy atom.